The van der Waals surface area contributed by atoms with E-state index in [-0.39, 0.29) is 11.7 Å². The molecule has 8 nitrogen and oxygen atoms in total. The van der Waals surface area contributed by atoms with E-state index in [2.05, 4.69) is 25.9 Å². The highest BCUT2D eigenvalue weighted by Gasteiger charge is 2.25. The molecule has 0 saturated carbocycles. The second kappa shape index (κ2) is 7.51. The first-order chi connectivity index (χ1) is 14.7. The van der Waals surface area contributed by atoms with Crippen LogP contribution >= 0.6 is 0 Å². The number of anilines is 1. The molecule has 1 aliphatic carbocycles. The summed E-state index contributed by atoms with van der Waals surface area (Å²) in [6.45, 7) is 0. The first kappa shape index (κ1) is 18.2. The summed E-state index contributed by atoms with van der Waals surface area (Å²) >= 11 is 0. The molecule has 0 fully saturated rings. The van der Waals surface area contributed by atoms with E-state index >= 15 is 0 Å². The Morgan fingerprint density at radius 2 is 1.70 bits per heavy atom. The third-order valence-electron chi connectivity index (χ3n) is 5.21. The lowest BCUT2D eigenvalue weighted by molar-refractivity contribution is 0.102. The number of tetrazole rings is 1. The SMILES string of the molecule is O=C(Nc1ccc(-n2cnnn2)cc1)c1nn(-c2ccc(F)cc2)c2c1CCCC2. The summed E-state index contributed by atoms with van der Waals surface area (Å²) in [5.41, 5.74) is 4.59. The topological polar surface area (TPSA) is 90.5 Å². The Hall–Kier alpha value is -3.88. The Balaban J connectivity index is 1.43. The zero-order valence-electron chi connectivity index (χ0n) is 16.0. The number of amides is 1. The van der Waals surface area contributed by atoms with Crippen LogP contribution < -0.4 is 5.32 Å². The predicted octanol–water partition coefficient (Wildman–Crippen LogP) is 3.12. The van der Waals surface area contributed by atoms with Crippen molar-refractivity contribution in [3.8, 4) is 11.4 Å². The van der Waals surface area contributed by atoms with Gasteiger partial charge in [-0.15, -0.1) is 5.10 Å². The number of carbonyl (C=O) groups is 1. The molecule has 1 amide bonds. The molecule has 5 rings (SSSR count). The molecule has 0 radical (unpaired) electrons. The summed E-state index contributed by atoms with van der Waals surface area (Å²) in [7, 11) is 0. The van der Waals surface area contributed by atoms with Crippen LogP contribution in [0, 0.1) is 5.82 Å². The van der Waals surface area contributed by atoms with Gasteiger partial charge in [0.2, 0.25) is 0 Å². The van der Waals surface area contributed by atoms with Gasteiger partial charge in [0.1, 0.15) is 12.1 Å². The van der Waals surface area contributed by atoms with Gasteiger partial charge in [-0.2, -0.15) is 5.10 Å². The highest BCUT2D eigenvalue weighted by atomic mass is 19.1. The number of aromatic nitrogens is 6. The Morgan fingerprint density at radius 3 is 2.43 bits per heavy atom. The number of hydrogen-bond donors (Lipinski definition) is 1. The average Bonchev–Trinajstić information content (AvgIpc) is 3.43. The summed E-state index contributed by atoms with van der Waals surface area (Å²) in [4.78, 5) is 13.0. The molecule has 0 bridgehead atoms. The van der Waals surface area contributed by atoms with Gasteiger partial charge < -0.3 is 5.32 Å². The zero-order valence-corrected chi connectivity index (χ0v) is 16.0. The van der Waals surface area contributed by atoms with Crippen molar-refractivity contribution in [2.45, 2.75) is 25.7 Å². The minimum absolute atomic E-state index is 0.260. The Bertz CT molecular complexity index is 1180. The normalized spacial score (nSPS) is 13.1. The third kappa shape index (κ3) is 3.34. The molecular formula is C21H18FN7O. The largest absolute Gasteiger partial charge is 0.321 e. The lowest BCUT2D eigenvalue weighted by Crippen LogP contribution is -2.15. The fraction of sp³-hybridized carbons (Fsp3) is 0.190. The van der Waals surface area contributed by atoms with Gasteiger partial charge in [0.05, 0.1) is 11.4 Å². The first-order valence-electron chi connectivity index (χ1n) is 9.70. The molecule has 0 unspecified atom stereocenters. The van der Waals surface area contributed by atoms with Gasteiger partial charge in [0, 0.05) is 16.9 Å². The third-order valence-corrected chi connectivity index (χ3v) is 5.21. The Kier molecular flexibility index (Phi) is 4.55. The summed E-state index contributed by atoms with van der Waals surface area (Å²) in [5, 5.41) is 18.6. The quantitative estimate of drug-likeness (QED) is 0.565. The van der Waals surface area contributed by atoms with Crippen molar-refractivity contribution in [2.24, 2.45) is 0 Å². The molecule has 150 valence electrons. The molecule has 4 aromatic rings. The highest BCUT2D eigenvalue weighted by Crippen LogP contribution is 2.27. The molecule has 2 heterocycles. The Morgan fingerprint density at radius 1 is 0.967 bits per heavy atom. The fourth-order valence-corrected chi connectivity index (χ4v) is 3.74. The van der Waals surface area contributed by atoms with Gasteiger partial charge in [-0.05, 0) is 84.6 Å². The van der Waals surface area contributed by atoms with E-state index in [0.717, 1.165) is 48.3 Å². The second-order valence-electron chi connectivity index (χ2n) is 7.12. The van der Waals surface area contributed by atoms with Crippen LogP contribution in [0.4, 0.5) is 10.1 Å². The standard InChI is InChI=1S/C21H18FN7O/c22-14-5-9-17(10-6-14)29-19-4-2-1-3-18(19)20(25-29)21(30)24-15-7-11-16(12-8-15)28-13-23-26-27-28/h5-13H,1-4H2,(H,24,30). The van der Waals surface area contributed by atoms with E-state index in [0.29, 0.717) is 11.4 Å². The maximum atomic E-state index is 13.3. The number of rotatable bonds is 4. The van der Waals surface area contributed by atoms with Crippen LogP contribution in [-0.4, -0.2) is 35.9 Å². The van der Waals surface area contributed by atoms with E-state index in [1.807, 2.05) is 12.1 Å². The molecule has 0 aliphatic heterocycles. The van der Waals surface area contributed by atoms with E-state index in [1.54, 1.807) is 28.9 Å². The van der Waals surface area contributed by atoms with Crippen LogP contribution in [-0.2, 0) is 12.8 Å². The van der Waals surface area contributed by atoms with Crippen molar-refractivity contribution in [2.75, 3.05) is 5.32 Å². The number of nitrogens with zero attached hydrogens (tertiary/aromatic N) is 6. The Labute approximate surface area is 171 Å². The summed E-state index contributed by atoms with van der Waals surface area (Å²) in [6, 6.07) is 13.4. The molecular weight excluding hydrogens is 385 g/mol. The lowest BCUT2D eigenvalue weighted by Gasteiger charge is -2.14. The number of hydrogen-bond acceptors (Lipinski definition) is 5. The molecule has 9 heteroatoms. The smallest absolute Gasteiger partial charge is 0.276 e. The maximum Gasteiger partial charge on any atom is 0.276 e. The number of benzene rings is 2. The summed E-state index contributed by atoms with van der Waals surface area (Å²) in [6.07, 6.45) is 5.20. The molecule has 0 saturated heterocycles. The molecule has 30 heavy (non-hydrogen) atoms. The van der Waals surface area contributed by atoms with Crippen molar-refractivity contribution in [3.05, 3.63) is 77.6 Å². The van der Waals surface area contributed by atoms with Crippen molar-refractivity contribution >= 4 is 11.6 Å². The van der Waals surface area contributed by atoms with Crippen molar-refractivity contribution in [1.29, 1.82) is 0 Å². The van der Waals surface area contributed by atoms with Gasteiger partial charge in [0.25, 0.3) is 5.91 Å². The number of carbonyl (C=O) groups excluding carboxylic acids is 1. The summed E-state index contributed by atoms with van der Waals surface area (Å²) < 4.78 is 16.6. The van der Waals surface area contributed by atoms with Gasteiger partial charge >= 0.3 is 0 Å². The molecule has 0 atom stereocenters. The second-order valence-corrected chi connectivity index (χ2v) is 7.12. The van der Waals surface area contributed by atoms with Crippen LogP contribution in [0.3, 0.4) is 0 Å². The van der Waals surface area contributed by atoms with Gasteiger partial charge in [-0.3, -0.25) is 4.79 Å². The van der Waals surface area contributed by atoms with E-state index in [1.165, 1.54) is 23.1 Å². The molecule has 1 aliphatic rings. The van der Waals surface area contributed by atoms with Crippen molar-refractivity contribution < 1.29 is 9.18 Å². The van der Waals surface area contributed by atoms with Crippen LogP contribution in [0.2, 0.25) is 0 Å². The van der Waals surface area contributed by atoms with E-state index < -0.39 is 0 Å². The molecule has 2 aromatic heterocycles. The number of nitrogens with one attached hydrogen (secondary N) is 1. The average molecular weight is 403 g/mol. The number of halogens is 1. The van der Waals surface area contributed by atoms with Gasteiger partial charge in [-0.1, -0.05) is 0 Å². The maximum absolute atomic E-state index is 13.3. The van der Waals surface area contributed by atoms with Crippen LogP contribution in [0.15, 0.2) is 54.9 Å². The van der Waals surface area contributed by atoms with Crippen LogP contribution in [0.25, 0.3) is 11.4 Å². The lowest BCUT2D eigenvalue weighted by atomic mass is 9.95. The molecule has 1 N–H and O–H groups in total. The van der Waals surface area contributed by atoms with Gasteiger partial charge in [-0.25, -0.2) is 13.8 Å². The van der Waals surface area contributed by atoms with Crippen LogP contribution in [0.1, 0.15) is 34.6 Å². The summed E-state index contributed by atoms with van der Waals surface area (Å²) in [5.74, 6) is -0.563. The molecule has 0 spiro atoms. The highest BCUT2D eigenvalue weighted by molar-refractivity contribution is 6.04. The minimum atomic E-state index is -0.303. The van der Waals surface area contributed by atoms with E-state index in [9.17, 15) is 9.18 Å². The fourth-order valence-electron chi connectivity index (χ4n) is 3.74. The predicted molar refractivity (Wildman–Crippen MR) is 107 cm³/mol. The molecule has 2 aromatic carbocycles. The van der Waals surface area contributed by atoms with Crippen LogP contribution in [0.5, 0.6) is 0 Å². The van der Waals surface area contributed by atoms with Crippen molar-refractivity contribution in [3.63, 3.8) is 0 Å². The first-order valence-corrected chi connectivity index (χ1v) is 9.70. The number of fused-ring (bicyclic) bond motifs is 1. The van der Waals surface area contributed by atoms with Crippen molar-refractivity contribution in [1.82, 2.24) is 30.0 Å². The zero-order chi connectivity index (χ0) is 20.5. The van der Waals surface area contributed by atoms with Gasteiger partial charge in [0.15, 0.2) is 5.69 Å². The monoisotopic (exact) mass is 403 g/mol. The van der Waals surface area contributed by atoms with E-state index in [4.69, 9.17) is 0 Å². The minimum Gasteiger partial charge on any atom is -0.321 e.